The van der Waals surface area contributed by atoms with E-state index in [0.717, 1.165) is 0 Å². The summed E-state index contributed by atoms with van der Waals surface area (Å²) in [7, 11) is -3.99. The number of phenols is 1. The van der Waals surface area contributed by atoms with Gasteiger partial charge in [0.15, 0.2) is 0 Å². The van der Waals surface area contributed by atoms with E-state index in [2.05, 4.69) is 0 Å². The molecule has 0 saturated carbocycles. The standard InChI is InChI=1S/C13H19NO5S/c1-9(2)19-13(3,4)12(16)14-20(17,18)11-7-5-10(15)6-8-11/h5-9,15H,1-4H3,(H,14,16). The zero-order valence-electron chi connectivity index (χ0n) is 11.9. The fourth-order valence-electron chi connectivity index (χ4n) is 1.57. The zero-order chi connectivity index (χ0) is 15.6. The molecule has 0 aliphatic carbocycles. The topological polar surface area (TPSA) is 92.7 Å². The lowest BCUT2D eigenvalue weighted by Gasteiger charge is -2.26. The number of benzene rings is 1. The molecule has 0 aliphatic heterocycles. The van der Waals surface area contributed by atoms with Gasteiger partial charge in [-0.2, -0.15) is 0 Å². The van der Waals surface area contributed by atoms with Crippen LogP contribution >= 0.6 is 0 Å². The first-order valence-corrected chi connectivity index (χ1v) is 7.57. The number of carbonyl (C=O) groups excluding carboxylic acids is 1. The largest absolute Gasteiger partial charge is 0.508 e. The predicted octanol–water partition coefficient (Wildman–Crippen LogP) is 1.40. The minimum absolute atomic E-state index is 0.0567. The fourth-order valence-corrected chi connectivity index (χ4v) is 2.67. The summed E-state index contributed by atoms with van der Waals surface area (Å²) in [6, 6.07) is 4.88. The molecule has 0 spiro atoms. The lowest BCUT2D eigenvalue weighted by Crippen LogP contribution is -2.47. The van der Waals surface area contributed by atoms with Crippen LogP contribution in [0.25, 0.3) is 0 Å². The number of rotatable bonds is 5. The Labute approximate surface area is 118 Å². The molecule has 0 bridgehead atoms. The summed E-state index contributed by atoms with van der Waals surface area (Å²) in [5.74, 6) is -0.807. The Morgan fingerprint density at radius 2 is 1.75 bits per heavy atom. The Morgan fingerprint density at radius 3 is 2.20 bits per heavy atom. The number of hydrogen-bond acceptors (Lipinski definition) is 5. The third kappa shape index (κ3) is 4.21. The summed E-state index contributed by atoms with van der Waals surface area (Å²) < 4.78 is 31.4. The van der Waals surface area contributed by atoms with Crippen molar-refractivity contribution >= 4 is 15.9 Å². The van der Waals surface area contributed by atoms with Crippen LogP contribution in [0.2, 0.25) is 0 Å². The minimum Gasteiger partial charge on any atom is -0.508 e. The van der Waals surface area contributed by atoms with Gasteiger partial charge in [0.2, 0.25) is 0 Å². The monoisotopic (exact) mass is 301 g/mol. The average molecular weight is 301 g/mol. The van der Waals surface area contributed by atoms with Crippen molar-refractivity contribution in [2.75, 3.05) is 0 Å². The van der Waals surface area contributed by atoms with Gasteiger partial charge in [-0.3, -0.25) is 4.79 Å². The maximum atomic E-state index is 12.0. The lowest BCUT2D eigenvalue weighted by atomic mass is 10.1. The van der Waals surface area contributed by atoms with Gasteiger partial charge in [0.25, 0.3) is 15.9 Å². The van der Waals surface area contributed by atoms with Crippen molar-refractivity contribution in [3.63, 3.8) is 0 Å². The van der Waals surface area contributed by atoms with Gasteiger partial charge < -0.3 is 9.84 Å². The van der Waals surface area contributed by atoms with Gasteiger partial charge in [-0.15, -0.1) is 0 Å². The number of nitrogens with one attached hydrogen (secondary N) is 1. The fraction of sp³-hybridized carbons (Fsp3) is 0.462. The molecule has 7 heteroatoms. The quantitative estimate of drug-likeness (QED) is 0.857. The molecule has 0 radical (unpaired) electrons. The van der Waals surface area contributed by atoms with Crippen LogP contribution in [0.5, 0.6) is 5.75 Å². The molecular formula is C13H19NO5S. The van der Waals surface area contributed by atoms with Crippen molar-refractivity contribution in [1.82, 2.24) is 4.72 Å². The SMILES string of the molecule is CC(C)OC(C)(C)C(=O)NS(=O)(=O)c1ccc(O)cc1. The molecule has 1 aromatic carbocycles. The second-order valence-corrected chi connectivity index (χ2v) is 6.79. The van der Waals surface area contributed by atoms with E-state index in [4.69, 9.17) is 9.84 Å². The van der Waals surface area contributed by atoms with Gasteiger partial charge in [0.1, 0.15) is 11.4 Å². The molecule has 0 unspecified atom stereocenters. The van der Waals surface area contributed by atoms with Crippen LogP contribution in [-0.2, 0) is 19.6 Å². The molecule has 0 saturated heterocycles. The Balaban J connectivity index is 2.91. The van der Waals surface area contributed by atoms with E-state index in [1.165, 1.54) is 38.1 Å². The second-order valence-electron chi connectivity index (χ2n) is 5.11. The molecule has 0 aromatic heterocycles. The molecule has 0 fully saturated rings. The van der Waals surface area contributed by atoms with Crippen molar-refractivity contribution in [1.29, 1.82) is 0 Å². The van der Waals surface area contributed by atoms with E-state index >= 15 is 0 Å². The van der Waals surface area contributed by atoms with Crippen LogP contribution < -0.4 is 4.72 Å². The third-order valence-corrected chi connectivity index (χ3v) is 3.80. The van der Waals surface area contributed by atoms with E-state index in [0.29, 0.717) is 0 Å². The molecule has 6 nitrogen and oxygen atoms in total. The molecule has 2 N–H and O–H groups in total. The number of carbonyl (C=O) groups is 1. The summed E-state index contributed by atoms with van der Waals surface area (Å²) in [4.78, 5) is 11.9. The van der Waals surface area contributed by atoms with Crippen LogP contribution in [0.3, 0.4) is 0 Å². The molecule has 20 heavy (non-hydrogen) atoms. The van der Waals surface area contributed by atoms with Gasteiger partial charge >= 0.3 is 0 Å². The van der Waals surface area contributed by atoms with E-state index in [9.17, 15) is 13.2 Å². The van der Waals surface area contributed by atoms with Crippen LogP contribution in [-0.4, -0.2) is 31.1 Å². The lowest BCUT2D eigenvalue weighted by molar-refractivity contribution is -0.145. The molecule has 0 aliphatic rings. The first-order chi connectivity index (χ1) is 9.04. The molecule has 1 aromatic rings. The Hall–Kier alpha value is -1.60. The predicted molar refractivity (Wildman–Crippen MR) is 73.7 cm³/mol. The molecule has 0 heterocycles. The highest BCUT2D eigenvalue weighted by Crippen LogP contribution is 2.17. The van der Waals surface area contributed by atoms with Crippen molar-refractivity contribution in [3.8, 4) is 5.75 Å². The molecule has 112 valence electrons. The zero-order valence-corrected chi connectivity index (χ0v) is 12.7. The summed E-state index contributed by atoms with van der Waals surface area (Å²) in [5.41, 5.74) is -1.27. The van der Waals surface area contributed by atoms with Crippen LogP contribution in [0.1, 0.15) is 27.7 Å². The highest BCUT2D eigenvalue weighted by molar-refractivity contribution is 7.90. The third-order valence-electron chi connectivity index (χ3n) is 2.45. The maximum Gasteiger partial charge on any atom is 0.265 e. The normalized spacial score (nSPS) is 12.4. The number of hydrogen-bond donors (Lipinski definition) is 2. The van der Waals surface area contributed by atoms with Crippen molar-refractivity contribution in [2.24, 2.45) is 0 Å². The number of sulfonamides is 1. The first-order valence-electron chi connectivity index (χ1n) is 6.09. The van der Waals surface area contributed by atoms with Gasteiger partial charge in [-0.25, -0.2) is 13.1 Å². The van der Waals surface area contributed by atoms with E-state index in [-0.39, 0.29) is 16.7 Å². The van der Waals surface area contributed by atoms with E-state index < -0.39 is 21.5 Å². The molecular weight excluding hydrogens is 282 g/mol. The Kier molecular flexibility index (Phi) is 4.77. The van der Waals surface area contributed by atoms with Gasteiger partial charge in [-0.1, -0.05) is 0 Å². The van der Waals surface area contributed by atoms with Gasteiger partial charge in [-0.05, 0) is 52.0 Å². The second kappa shape index (κ2) is 5.80. The van der Waals surface area contributed by atoms with Crippen LogP contribution in [0.15, 0.2) is 29.2 Å². The van der Waals surface area contributed by atoms with E-state index in [1.54, 1.807) is 13.8 Å². The molecule has 0 atom stereocenters. The average Bonchev–Trinajstić information content (AvgIpc) is 2.27. The van der Waals surface area contributed by atoms with Crippen molar-refractivity contribution in [3.05, 3.63) is 24.3 Å². The summed E-state index contributed by atoms with van der Waals surface area (Å²) in [6.07, 6.45) is -0.216. The first kappa shape index (κ1) is 16.5. The minimum atomic E-state index is -3.99. The summed E-state index contributed by atoms with van der Waals surface area (Å²) in [5, 5.41) is 9.13. The van der Waals surface area contributed by atoms with Crippen LogP contribution in [0, 0.1) is 0 Å². The Morgan fingerprint density at radius 1 is 1.25 bits per heavy atom. The van der Waals surface area contributed by atoms with Crippen molar-refractivity contribution in [2.45, 2.75) is 44.3 Å². The summed E-state index contributed by atoms with van der Waals surface area (Å²) >= 11 is 0. The smallest absolute Gasteiger partial charge is 0.265 e. The number of ether oxygens (including phenoxy) is 1. The van der Waals surface area contributed by atoms with E-state index in [1.807, 2.05) is 4.72 Å². The van der Waals surface area contributed by atoms with Crippen LogP contribution in [0.4, 0.5) is 0 Å². The number of amides is 1. The maximum absolute atomic E-state index is 12.0. The summed E-state index contributed by atoms with van der Waals surface area (Å²) in [6.45, 7) is 6.50. The number of phenolic OH excluding ortho intramolecular Hbond substituents is 1. The Bertz CT molecular complexity index is 575. The molecule has 1 rings (SSSR count). The highest BCUT2D eigenvalue weighted by atomic mass is 32.2. The molecule has 1 amide bonds. The van der Waals surface area contributed by atoms with Gasteiger partial charge in [0.05, 0.1) is 11.0 Å². The van der Waals surface area contributed by atoms with Crippen molar-refractivity contribution < 1.29 is 23.1 Å². The number of aromatic hydroxyl groups is 1. The highest BCUT2D eigenvalue weighted by Gasteiger charge is 2.33. The van der Waals surface area contributed by atoms with Gasteiger partial charge in [0, 0.05) is 0 Å².